The van der Waals surface area contributed by atoms with Crippen LogP contribution in [-0.4, -0.2) is 27.7 Å². The Kier molecular flexibility index (Phi) is 2.08. The topological polar surface area (TPSA) is 96.1 Å². The minimum absolute atomic E-state index is 0.0218. The van der Waals surface area contributed by atoms with E-state index in [-0.39, 0.29) is 11.1 Å². The monoisotopic (exact) mass is 245 g/mol. The van der Waals surface area contributed by atoms with E-state index in [1.165, 1.54) is 12.4 Å². The minimum atomic E-state index is -0.692. The molecule has 3 fully saturated rings. The van der Waals surface area contributed by atoms with E-state index >= 15 is 0 Å². The van der Waals surface area contributed by atoms with E-state index in [9.17, 15) is 4.79 Å². The summed E-state index contributed by atoms with van der Waals surface area (Å²) < 4.78 is 5.50. The van der Waals surface area contributed by atoms with Gasteiger partial charge in [-0.15, -0.1) is 0 Å². The molecule has 0 unspecified atom stereocenters. The first-order valence-electron chi connectivity index (χ1n) is 5.66. The second kappa shape index (κ2) is 3.42. The first-order chi connectivity index (χ1) is 8.57. The zero-order valence-corrected chi connectivity index (χ0v) is 9.59. The maximum atomic E-state index is 10.9. The van der Waals surface area contributed by atoms with Crippen molar-refractivity contribution < 1.29 is 14.6 Å². The van der Waals surface area contributed by atoms with Gasteiger partial charge < -0.3 is 9.84 Å². The summed E-state index contributed by atoms with van der Waals surface area (Å²) in [6, 6.07) is 1.88. The van der Waals surface area contributed by atoms with Gasteiger partial charge in [0.2, 0.25) is 5.88 Å². The lowest BCUT2D eigenvalue weighted by molar-refractivity contribution is -0.231. The van der Waals surface area contributed by atoms with Gasteiger partial charge >= 0.3 is 5.97 Å². The number of hydrogen-bond donors (Lipinski definition) is 1. The average molecular weight is 245 g/mol. The highest BCUT2D eigenvalue weighted by molar-refractivity contribution is 5.79. The highest BCUT2D eigenvalue weighted by Crippen LogP contribution is 2.73. The molecule has 4 rings (SSSR count). The fourth-order valence-electron chi connectivity index (χ4n) is 3.05. The standard InChI is InChI=1S/C12H11N3O3/c13-1-8-2-15-9(3-14-8)18-7-11-4-12(5-11,6-11)10(16)17/h2-3H,4-7H2,(H,16,17). The highest BCUT2D eigenvalue weighted by Gasteiger charge is 2.72. The molecular weight excluding hydrogens is 234 g/mol. The zero-order valence-electron chi connectivity index (χ0n) is 9.59. The molecule has 1 aromatic heterocycles. The minimum Gasteiger partial charge on any atom is -0.481 e. The van der Waals surface area contributed by atoms with Gasteiger partial charge in [0.25, 0.3) is 0 Å². The number of rotatable bonds is 4. The Balaban J connectivity index is 1.55. The third kappa shape index (κ3) is 1.44. The molecule has 1 N–H and O–H groups in total. The van der Waals surface area contributed by atoms with Crippen LogP contribution in [-0.2, 0) is 4.79 Å². The lowest BCUT2D eigenvalue weighted by Crippen LogP contribution is -2.67. The van der Waals surface area contributed by atoms with E-state index in [0.29, 0.717) is 31.7 Å². The highest BCUT2D eigenvalue weighted by atomic mass is 16.5. The molecule has 6 nitrogen and oxygen atoms in total. The van der Waals surface area contributed by atoms with Crippen LogP contribution in [0.15, 0.2) is 12.4 Å². The number of ether oxygens (including phenoxy) is 1. The van der Waals surface area contributed by atoms with Crippen molar-refractivity contribution in [1.29, 1.82) is 5.26 Å². The Bertz CT molecular complexity index is 527. The molecule has 0 aliphatic heterocycles. The Labute approximate surface area is 103 Å². The predicted molar refractivity (Wildman–Crippen MR) is 58.6 cm³/mol. The molecule has 1 heterocycles. The third-order valence-electron chi connectivity index (χ3n) is 3.86. The zero-order chi connectivity index (χ0) is 12.8. The van der Waals surface area contributed by atoms with Crippen molar-refractivity contribution in [2.75, 3.05) is 6.61 Å². The number of aliphatic carboxylic acids is 1. The van der Waals surface area contributed by atoms with Gasteiger partial charge in [-0.2, -0.15) is 5.26 Å². The molecular formula is C12H11N3O3. The van der Waals surface area contributed by atoms with E-state index in [0.717, 1.165) is 0 Å². The molecule has 6 heteroatoms. The first kappa shape index (κ1) is 11.0. The number of nitriles is 1. The number of aromatic nitrogens is 2. The molecule has 0 atom stereocenters. The van der Waals surface area contributed by atoms with Gasteiger partial charge in [-0.05, 0) is 19.3 Å². The summed E-state index contributed by atoms with van der Waals surface area (Å²) >= 11 is 0. The van der Waals surface area contributed by atoms with Gasteiger partial charge in [-0.1, -0.05) is 0 Å². The van der Waals surface area contributed by atoms with E-state index in [4.69, 9.17) is 15.1 Å². The van der Waals surface area contributed by atoms with Gasteiger partial charge in [0.1, 0.15) is 6.07 Å². The van der Waals surface area contributed by atoms with Crippen LogP contribution in [0.2, 0.25) is 0 Å². The largest absolute Gasteiger partial charge is 0.481 e. The van der Waals surface area contributed by atoms with Crippen molar-refractivity contribution in [2.24, 2.45) is 10.8 Å². The van der Waals surface area contributed by atoms with Gasteiger partial charge in [-0.3, -0.25) is 4.79 Å². The molecule has 3 aliphatic rings. The molecule has 0 saturated heterocycles. The van der Waals surface area contributed by atoms with Crippen molar-refractivity contribution in [3.05, 3.63) is 18.1 Å². The lowest BCUT2D eigenvalue weighted by Gasteiger charge is -2.67. The lowest BCUT2D eigenvalue weighted by atomic mass is 9.35. The first-order valence-corrected chi connectivity index (χ1v) is 5.66. The molecule has 0 aromatic carbocycles. The molecule has 0 radical (unpaired) electrons. The molecule has 3 aliphatic carbocycles. The number of carboxylic acids is 1. The number of carbonyl (C=O) groups is 1. The summed E-state index contributed by atoms with van der Waals surface area (Å²) in [5.74, 6) is -0.314. The molecule has 0 spiro atoms. The third-order valence-corrected chi connectivity index (χ3v) is 3.86. The maximum absolute atomic E-state index is 10.9. The van der Waals surface area contributed by atoms with Gasteiger partial charge in [-0.25, -0.2) is 9.97 Å². The van der Waals surface area contributed by atoms with Gasteiger partial charge in [0.15, 0.2) is 5.69 Å². The fraction of sp³-hybridized carbons (Fsp3) is 0.500. The Morgan fingerprint density at radius 2 is 2.17 bits per heavy atom. The number of nitrogens with zero attached hydrogens (tertiary/aromatic N) is 3. The second-order valence-electron chi connectivity index (χ2n) is 5.26. The summed E-state index contributed by atoms with van der Waals surface area (Å²) in [6.07, 6.45) is 4.85. The summed E-state index contributed by atoms with van der Waals surface area (Å²) in [7, 11) is 0. The predicted octanol–water partition coefficient (Wildman–Crippen LogP) is 0.982. The molecule has 18 heavy (non-hydrogen) atoms. The molecule has 3 saturated carbocycles. The summed E-state index contributed by atoms with van der Waals surface area (Å²) in [6.45, 7) is 0.475. The molecule has 1 aromatic rings. The van der Waals surface area contributed by atoms with Crippen LogP contribution in [0.1, 0.15) is 25.0 Å². The van der Waals surface area contributed by atoms with E-state index in [1.807, 2.05) is 6.07 Å². The molecule has 0 amide bonds. The van der Waals surface area contributed by atoms with Crippen LogP contribution in [0.25, 0.3) is 0 Å². The van der Waals surface area contributed by atoms with Crippen molar-refractivity contribution in [3.63, 3.8) is 0 Å². The Morgan fingerprint density at radius 3 is 2.67 bits per heavy atom. The summed E-state index contributed by atoms with van der Waals surface area (Å²) in [4.78, 5) is 18.7. The number of hydrogen-bond acceptors (Lipinski definition) is 5. The molecule has 92 valence electrons. The van der Waals surface area contributed by atoms with Crippen LogP contribution < -0.4 is 4.74 Å². The van der Waals surface area contributed by atoms with Crippen molar-refractivity contribution in [3.8, 4) is 11.9 Å². The maximum Gasteiger partial charge on any atom is 0.309 e. The smallest absolute Gasteiger partial charge is 0.309 e. The second-order valence-corrected chi connectivity index (χ2v) is 5.26. The van der Waals surface area contributed by atoms with E-state index < -0.39 is 11.4 Å². The average Bonchev–Trinajstić information content (AvgIpc) is 2.26. The van der Waals surface area contributed by atoms with Crippen LogP contribution >= 0.6 is 0 Å². The summed E-state index contributed by atoms with van der Waals surface area (Å²) in [5, 5.41) is 17.6. The van der Waals surface area contributed by atoms with Crippen LogP contribution in [0, 0.1) is 22.2 Å². The van der Waals surface area contributed by atoms with Gasteiger partial charge in [0, 0.05) is 5.41 Å². The van der Waals surface area contributed by atoms with Crippen LogP contribution in [0.3, 0.4) is 0 Å². The molecule has 2 bridgehead atoms. The van der Waals surface area contributed by atoms with E-state index in [2.05, 4.69) is 9.97 Å². The van der Waals surface area contributed by atoms with Crippen molar-refractivity contribution in [1.82, 2.24) is 9.97 Å². The number of carboxylic acid groups (broad SMARTS) is 1. The SMILES string of the molecule is N#Cc1cnc(OCC23CC(C(=O)O)(C2)C3)cn1. The van der Waals surface area contributed by atoms with Crippen molar-refractivity contribution in [2.45, 2.75) is 19.3 Å². The Morgan fingerprint density at radius 1 is 1.44 bits per heavy atom. The normalized spacial score (nSPS) is 31.7. The Hall–Kier alpha value is -2.16. The van der Waals surface area contributed by atoms with Crippen LogP contribution in [0.5, 0.6) is 5.88 Å². The van der Waals surface area contributed by atoms with Gasteiger partial charge in [0.05, 0.1) is 24.4 Å². The fourth-order valence-corrected chi connectivity index (χ4v) is 3.05. The van der Waals surface area contributed by atoms with Crippen LogP contribution in [0.4, 0.5) is 0 Å². The van der Waals surface area contributed by atoms with E-state index in [1.54, 1.807) is 0 Å². The van der Waals surface area contributed by atoms with Crippen molar-refractivity contribution >= 4 is 5.97 Å². The quantitative estimate of drug-likeness (QED) is 0.849. The summed E-state index contributed by atoms with van der Waals surface area (Å²) in [5.41, 5.74) is -0.203.